The molecular formula is C39H61N2O2Si. The Labute approximate surface area is 270 Å². The van der Waals surface area contributed by atoms with Gasteiger partial charge in [0.05, 0.1) is 6.10 Å². The van der Waals surface area contributed by atoms with Crippen LogP contribution in [0.5, 0.6) is 0 Å². The van der Waals surface area contributed by atoms with Crippen LogP contribution in [0.4, 0.5) is 5.69 Å². The van der Waals surface area contributed by atoms with Crippen molar-refractivity contribution in [2.75, 3.05) is 5.32 Å². The van der Waals surface area contributed by atoms with Crippen LogP contribution in [0.15, 0.2) is 35.5 Å². The Kier molecular flexibility index (Phi) is 9.44. The number of rotatable bonds is 8. The molecule has 243 valence electrons. The van der Waals surface area contributed by atoms with E-state index >= 15 is 0 Å². The second-order valence-electron chi connectivity index (χ2n) is 16.9. The van der Waals surface area contributed by atoms with Crippen molar-refractivity contribution < 1.29 is 9.22 Å². The van der Waals surface area contributed by atoms with Crippen molar-refractivity contribution in [3.63, 3.8) is 0 Å². The summed E-state index contributed by atoms with van der Waals surface area (Å²) in [6.07, 6.45) is 12.7. The molecule has 1 aromatic carbocycles. The largest absolute Gasteiger partial charge is 0.412 e. The maximum Gasteiger partial charge on any atom is 0.224 e. The molecule has 3 aliphatic rings. The van der Waals surface area contributed by atoms with Gasteiger partial charge in [-0.25, -0.2) is 0 Å². The molecule has 4 nitrogen and oxygen atoms in total. The number of nitrogens with zero attached hydrogens (tertiary/aromatic N) is 1. The van der Waals surface area contributed by atoms with Crippen LogP contribution in [-0.2, 0) is 16.3 Å². The Bertz CT molecular complexity index is 1390. The number of hydrogen-bond donors (Lipinski definition) is 1. The highest BCUT2D eigenvalue weighted by atomic mass is 28.3. The monoisotopic (exact) mass is 617 g/mol. The van der Waals surface area contributed by atoms with E-state index in [0.717, 1.165) is 30.0 Å². The lowest BCUT2D eigenvalue weighted by Crippen LogP contribution is -2.58. The summed E-state index contributed by atoms with van der Waals surface area (Å²) in [4.78, 5) is 13.1. The molecule has 44 heavy (non-hydrogen) atoms. The van der Waals surface area contributed by atoms with Crippen molar-refractivity contribution in [1.82, 2.24) is 4.57 Å². The number of carbonyl (C=O) groups is 1. The molecule has 0 spiro atoms. The van der Waals surface area contributed by atoms with E-state index in [-0.39, 0.29) is 16.4 Å². The molecule has 1 aromatic heterocycles. The van der Waals surface area contributed by atoms with Crippen LogP contribution < -0.4 is 5.32 Å². The van der Waals surface area contributed by atoms with Crippen molar-refractivity contribution in [2.24, 2.45) is 35.6 Å². The van der Waals surface area contributed by atoms with Gasteiger partial charge in [0.25, 0.3) is 0 Å². The number of hydrogen-bond acceptors (Lipinski definition) is 2. The van der Waals surface area contributed by atoms with Crippen LogP contribution in [-0.4, -0.2) is 25.6 Å². The van der Waals surface area contributed by atoms with E-state index < -0.39 is 9.04 Å². The minimum atomic E-state index is -0.931. The number of carbonyl (C=O) groups excluding carboxylic acids is 1. The van der Waals surface area contributed by atoms with E-state index in [1.807, 2.05) is 0 Å². The predicted octanol–water partition coefficient (Wildman–Crippen LogP) is 10.8. The first-order valence-corrected chi connectivity index (χ1v) is 19.1. The minimum absolute atomic E-state index is 0.141. The molecule has 1 N–H and O–H groups in total. The fourth-order valence-electron chi connectivity index (χ4n) is 10.2. The molecule has 0 unspecified atom stereocenters. The van der Waals surface area contributed by atoms with Gasteiger partial charge in [0.15, 0.2) is 0 Å². The maximum atomic E-state index is 13.1. The van der Waals surface area contributed by atoms with Gasteiger partial charge >= 0.3 is 0 Å². The normalized spacial score (nSPS) is 28.8. The average molecular weight is 618 g/mol. The molecule has 5 atom stereocenters. The highest BCUT2D eigenvalue weighted by molar-refractivity contribution is 6.56. The summed E-state index contributed by atoms with van der Waals surface area (Å²) >= 11 is 0. The van der Waals surface area contributed by atoms with Gasteiger partial charge in [0.1, 0.15) is 0 Å². The highest BCUT2D eigenvalue weighted by Crippen LogP contribution is 2.65. The number of amides is 1. The van der Waals surface area contributed by atoms with Gasteiger partial charge in [0, 0.05) is 36.3 Å². The van der Waals surface area contributed by atoms with Crippen LogP contribution in [0, 0.1) is 35.5 Å². The maximum absolute atomic E-state index is 13.1. The molecule has 1 heterocycles. The molecule has 2 fully saturated rings. The lowest BCUT2D eigenvalue weighted by atomic mass is 9.43. The fraction of sp³-hybridized carbons (Fsp3) is 0.718. The Morgan fingerprint density at radius 3 is 2.50 bits per heavy atom. The molecular weight excluding hydrogens is 557 g/mol. The third-order valence-electron chi connectivity index (χ3n) is 12.4. The first-order valence-electron chi connectivity index (χ1n) is 17.6. The molecule has 0 bridgehead atoms. The first kappa shape index (κ1) is 33.5. The first-order chi connectivity index (χ1) is 20.6. The molecule has 5 heteroatoms. The third-order valence-corrected chi connectivity index (χ3v) is 15.5. The zero-order valence-corrected chi connectivity index (χ0v) is 30.8. The molecule has 0 saturated heterocycles. The lowest BCUT2D eigenvalue weighted by Gasteiger charge is -2.63. The number of fused-ring (bicyclic) bond motifs is 4. The summed E-state index contributed by atoms with van der Waals surface area (Å²) < 4.78 is 9.33. The summed E-state index contributed by atoms with van der Waals surface area (Å²) in [6, 6.07) is 6.31. The number of aryl methyl sites for hydroxylation is 2. The number of aromatic nitrogens is 1. The van der Waals surface area contributed by atoms with Gasteiger partial charge < -0.3 is 14.3 Å². The molecule has 1 amide bonds. The molecule has 2 saturated carbocycles. The van der Waals surface area contributed by atoms with Crippen LogP contribution in [0.1, 0.15) is 126 Å². The standard InChI is InChI=1S/C39H61N2O2Si/c1-25(2)44(37(5,6)7)43-35-21-23-39(10)31-17-15-26(3)28(30(31)16-20-34(39)38(35,8)9)13-12-14-36(42)40-32-18-19-33-29(27(32)4)22-24-41(33)11/h18-19,22,24-25,30-31,34-35H,12-17,20-21,23H2,1-11H3,(H,40,42)/t30-,31-,34-,35-,39+/m0/s1. The number of benzene rings is 1. The van der Waals surface area contributed by atoms with Gasteiger partial charge in [-0.1, -0.05) is 66.5 Å². The van der Waals surface area contributed by atoms with E-state index in [4.69, 9.17) is 4.43 Å². The summed E-state index contributed by atoms with van der Waals surface area (Å²) in [7, 11) is 1.14. The third kappa shape index (κ3) is 6.13. The minimum Gasteiger partial charge on any atom is -0.412 e. The average Bonchev–Trinajstić information content (AvgIpc) is 3.31. The Hall–Kier alpha value is -1.85. The van der Waals surface area contributed by atoms with Crippen molar-refractivity contribution in [3.05, 3.63) is 41.1 Å². The van der Waals surface area contributed by atoms with Gasteiger partial charge in [-0.3, -0.25) is 4.79 Å². The SMILES string of the molecule is CC1=C(CCCC(=O)Nc2ccc3c(ccn3C)c2C)[C@@H]2CC[C@H]3C(C)(C)[C@@H](O[Si](C(C)C)C(C)(C)C)CC[C@]3(C)[C@H]2CC1. The van der Waals surface area contributed by atoms with Crippen molar-refractivity contribution >= 4 is 31.5 Å². The second-order valence-corrected chi connectivity index (χ2v) is 20.5. The van der Waals surface area contributed by atoms with Crippen LogP contribution in [0.3, 0.4) is 0 Å². The summed E-state index contributed by atoms with van der Waals surface area (Å²) in [5.41, 5.74) is 7.80. The smallest absolute Gasteiger partial charge is 0.224 e. The van der Waals surface area contributed by atoms with E-state index in [2.05, 4.69) is 111 Å². The van der Waals surface area contributed by atoms with Crippen LogP contribution >= 0.6 is 0 Å². The molecule has 1 radical (unpaired) electrons. The number of anilines is 1. The summed E-state index contributed by atoms with van der Waals surface area (Å²) in [5, 5.41) is 4.69. The Morgan fingerprint density at radius 1 is 1.09 bits per heavy atom. The van der Waals surface area contributed by atoms with E-state index in [0.29, 0.717) is 35.3 Å². The molecule has 2 aromatic rings. The van der Waals surface area contributed by atoms with E-state index in [9.17, 15) is 4.79 Å². The Morgan fingerprint density at radius 2 is 1.82 bits per heavy atom. The van der Waals surface area contributed by atoms with E-state index in [1.54, 1.807) is 11.1 Å². The number of allylic oxidation sites excluding steroid dienone is 2. The predicted molar refractivity (Wildman–Crippen MR) is 188 cm³/mol. The second kappa shape index (κ2) is 12.4. The highest BCUT2D eigenvalue weighted by Gasteiger charge is 2.59. The van der Waals surface area contributed by atoms with Gasteiger partial charge in [0.2, 0.25) is 14.9 Å². The topological polar surface area (TPSA) is 43.3 Å². The van der Waals surface area contributed by atoms with Gasteiger partial charge in [-0.15, -0.1) is 0 Å². The van der Waals surface area contributed by atoms with Crippen molar-refractivity contribution in [2.45, 2.75) is 144 Å². The number of nitrogens with one attached hydrogen (secondary N) is 1. The van der Waals surface area contributed by atoms with Crippen molar-refractivity contribution in [3.8, 4) is 0 Å². The summed E-state index contributed by atoms with van der Waals surface area (Å²) in [6.45, 7) is 24.1. The molecule has 0 aliphatic heterocycles. The lowest BCUT2D eigenvalue weighted by molar-refractivity contribution is -0.144. The van der Waals surface area contributed by atoms with E-state index in [1.165, 1.54) is 49.4 Å². The Balaban J connectivity index is 1.23. The van der Waals surface area contributed by atoms with Gasteiger partial charge in [-0.05, 0) is 128 Å². The van der Waals surface area contributed by atoms with Crippen molar-refractivity contribution in [1.29, 1.82) is 0 Å². The zero-order chi connectivity index (χ0) is 32.2. The van der Waals surface area contributed by atoms with Crippen LogP contribution in [0.2, 0.25) is 10.6 Å². The van der Waals surface area contributed by atoms with Gasteiger partial charge in [-0.2, -0.15) is 0 Å². The van der Waals surface area contributed by atoms with Crippen LogP contribution in [0.25, 0.3) is 10.9 Å². The zero-order valence-electron chi connectivity index (χ0n) is 29.8. The summed E-state index contributed by atoms with van der Waals surface area (Å²) in [5.74, 6) is 2.30. The molecule has 5 rings (SSSR count). The quantitative estimate of drug-likeness (QED) is 0.236. The molecule has 3 aliphatic carbocycles. The fourth-order valence-corrected chi connectivity index (χ4v) is 13.3.